The van der Waals surface area contributed by atoms with Crippen LogP contribution in [0.25, 0.3) is 0 Å². The number of aryl methyl sites for hydroxylation is 1. The number of rotatable bonds is 3. The Bertz CT molecular complexity index is 625. The van der Waals surface area contributed by atoms with Gasteiger partial charge in [0.25, 0.3) is 0 Å². The third-order valence-corrected chi connectivity index (χ3v) is 3.59. The van der Waals surface area contributed by atoms with Gasteiger partial charge in [0.15, 0.2) is 5.56 Å². The summed E-state index contributed by atoms with van der Waals surface area (Å²) in [4.78, 5) is 12.2. The van der Waals surface area contributed by atoms with Crippen LogP contribution in [0.5, 0.6) is 5.88 Å². The molecule has 1 aliphatic rings. The van der Waals surface area contributed by atoms with E-state index in [1.165, 1.54) is 0 Å². The van der Waals surface area contributed by atoms with Crippen molar-refractivity contribution in [2.45, 2.75) is 19.6 Å². The van der Waals surface area contributed by atoms with Crippen LogP contribution in [-0.4, -0.2) is 22.4 Å². The molecular formula is C14H13BrN2O3. The zero-order chi connectivity index (χ0) is 13.9. The average molecular weight is 337 g/mol. The molecular weight excluding hydrogens is 324 g/mol. The average Bonchev–Trinajstić information content (AvgIpc) is 2.82. The van der Waals surface area contributed by atoms with Crippen LogP contribution in [0.2, 0.25) is 0 Å². The molecule has 0 aliphatic carbocycles. The van der Waals surface area contributed by atoms with Gasteiger partial charge in [-0.15, -0.1) is 0 Å². The molecule has 0 N–H and O–H groups in total. The van der Waals surface area contributed by atoms with Crippen LogP contribution in [0.1, 0.15) is 22.3 Å². The molecule has 20 heavy (non-hydrogen) atoms. The Kier molecular flexibility index (Phi) is 3.73. The summed E-state index contributed by atoms with van der Waals surface area (Å²) < 4.78 is 13.0. The Hall–Kier alpha value is -1.82. The maximum atomic E-state index is 12.2. The van der Waals surface area contributed by atoms with Crippen LogP contribution in [0.15, 0.2) is 34.9 Å². The van der Waals surface area contributed by atoms with Crippen molar-refractivity contribution in [3.8, 4) is 5.88 Å². The van der Waals surface area contributed by atoms with Gasteiger partial charge in [-0.2, -0.15) is 5.10 Å². The minimum absolute atomic E-state index is 0.233. The molecule has 0 bridgehead atoms. The van der Waals surface area contributed by atoms with Crippen molar-refractivity contribution >= 4 is 21.9 Å². The van der Waals surface area contributed by atoms with E-state index in [1.54, 1.807) is 4.68 Å². The molecule has 1 aromatic carbocycles. The molecule has 6 heteroatoms. The molecule has 104 valence electrons. The maximum absolute atomic E-state index is 12.2. The molecule has 2 aromatic rings. The fourth-order valence-electron chi connectivity index (χ4n) is 2.07. The SMILES string of the molecule is O=C(OCc1ccccc1)c1c(Br)nn2c1OCCC2. The Morgan fingerprint density at radius 1 is 1.40 bits per heavy atom. The predicted octanol–water partition coefficient (Wildman–Crippen LogP) is 2.79. The molecule has 0 spiro atoms. The van der Waals surface area contributed by atoms with Crippen molar-refractivity contribution in [3.63, 3.8) is 0 Å². The van der Waals surface area contributed by atoms with Crippen molar-refractivity contribution in [1.29, 1.82) is 0 Å². The Morgan fingerprint density at radius 2 is 2.20 bits per heavy atom. The lowest BCUT2D eigenvalue weighted by Gasteiger charge is -2.15. The van der Waals surface area contributed by atoms with Gasteiger partial charge in [-0.05, 0) is 21.5 Å². The number of benzene rings is 1. The maximum Gasteiger partial charge on any atom is 0.346 e. The number of aromatic nitrogens is 2. The summed E-state index contributed by atoms with van der Waals surface area (Å²) in [6, 6.07) is 9.55. The lowest BCUT2D eigenvalue weighted by molar-refractivity contribution is 0.0465. The van der Waals surface area contributed by atoms with Gasteiger partial charge in [0.2, 0.25) is 5.88 Å². The normalized spacial score (nSPS) is 13.4. The summed E-state index contributed by atoms with van der Waals surface area (Å²) in [7, 11) is 0. The van der Waals surface area contributed by atoms with Crippen molar-refractivity contribution in [2.24, 2.45) is 0 Å². The van der Waals surface area contributed by atoms with E-state index >= 15 is 0 Å². The number of halogens is 1. The quantitative estimate of drug-likeness (QED) is 0.809. The van der Waals surface area contributed by atoms with E-state index in [-0.39, 0.29) is 6.61 Å². The van der Waals surface area contributed by atoms with Crippen LogP contribution >= 0.6 is 15.9 Å². The fraction of sp³-hybridized carbons (Fsp3) is 0.286. The van der Waals surface area contributed by atoms with Gasteiger partial charge in [-0.1, -0.05) is 30.3 Å². The minimum atomic E-state index is -0.427. The number of carbonyl (C=O) groups is 1. The summed E-state index contributed by atoms with van der Waals surface area (Å²) in [5.74, 6) is 0.0602. The zero-order valence-electron chi connectivity index (χ0n) is 10.7. The van der Waals surface area contributed by atoms with Gasteiger partial charge in [0.1, 0.15) is 11.2 Å². The van der Waals surface area contributed by atoms with E-state index in [0.29, 0.717) is 22.7 Å². The topological polar surface area (TPSA) is 53.3 Å². The van der Waals surface area contributed by atoms with Crippen LogP contribution in [0.3, 0.4) is 0 Å². The number of carbonyl (C=O) groups excluding carboxylic acids is 1. The highest BCUT2D eigenvalue weighted by Crippen LogP contribution is 2.30. The minimum Gasteiger partial charge on any atom is -0.477 e. The molecule has 0 amide bonds. The summed E-state index contributed by atoms with van der Waals surface area (Å²) in [6.45, 7) is 1.58. The van der Waals surface area contributed by atoms with E-state index in [1.807, 2.05) is 30.3 Å². The van der Waals surface area contributed by atoms with Crippen molar-refractivity contribution in [2.75, 3.05) is 6.61 Å². The summed E-state index contributed by atoms with van der Waals surface area (Å²) in [5.41, 5.74) is 1.31. The Morgan fingerprint density at radius 3 is 3.00 bits per heavy atom. The monoisotopic (exact) mass is 336 g/mol. The number of ether oxygens (including phenoxy) is 2. The van der Waals surface area contributed by atoms with E-state index < -0.39 is 5.97 Å². The highest BCUT2D eigenvalue weighted by molar-refractivity contribution is 9.10. The first kappa shape index (κ1) is 13.2. The summed E-state index contributed by atoms with van der Waals surface area (Å²) >= 11 is 3.29. The van der Waals surface area contributed by atoms with Gasteiger partial charge in [0, 0.05) is 13.0 Å². The first-order valence-corrected chi connectivity index (χ1v) is 7.15. The molecule has 0 radical (unpaired) electrons. The second-order valence-electron chi connectivity index (χ2n) is 4.46. The molecule has 5 nitrogen and oxygen atoms in total. The Balaban J connectivity index is 1.76. The van der Waals surface area contributed by atoms with Gasteiger partial charge >= 0.3 is 5.97 Å². The molecule has 0 atom stereocenters. The van der Waals surface area contributed by atoms with Crippen LogP contribution < -0.4 is 4.74 Å². The number of fused-ring (bicyclic) bond motifs is 1. The van der Waals surface area contributed by atoms with Gasteiger partial charge in [-0.3, -0.25) is 0 Å². The smallest absolute Gasteiger partial charge is 0.346 e. The van der Waals surface area contributed by atoms with Crippen molar-refractivity contribution in [3.05, 3.63) is 46.1 Å². The first-order valence-electron chi connectivity index (χ1n) is 6.36. The molecule has 1 aromatic heterocycles. The molecule has 0 fully saturated rings. The molecule has 0 saturated carbocycles. The number of hydrogen-bond donors (Lipinski definition) is 0. The number of nitrogens with zero attached hydrogens (tertiary/aromatic N) is 2. The largest absolute Gasteiger partial charge is 0.477 e. The molecule has 2 heterocycles. The van der Waals surface area contributed by atoms with E-state index in [9.17, 15) is 4.79 Å². The second kappa shape index (κ2) is 5.66. The molecule has 0 saturated heterocycles. The van der Waals surface area contributed by atoms with Crippen LogP contribution in [0, 0.1) is 0 Å². The van der Waals surface area contributed by atoms with Gasteiger partial charge in [-0.25, -0.2) is 9.48 Å². The van der Waals surface area contributed by atoms with E-state index in [0.717, 1.165) is 18.5 Å². The lowest BCUT2D eigenvalue weighted by Crippen LogP contribution is -2.16. The lowest BCUT2D eigenvalue weighted by atomic mass is 10.2. The summed E-state index contributed by atoms with van der Waals surface area (Å²) in [5, 5.41) is 4.23. The first-order chi connectivity index (χ1) is 9.75. The Labute approximate surface area is 124 Å². The van der Waals surface area contributed by atoms with Gasteiger partial charge in [0.05, 0.1) is 6.61 Å². The van der Waals surface area contributed by atoms with E-state index in [4.69, 9.17) is 9.47 Å². The predicted molar refractivity (Wildman–Crippen MR) is 75.6 cm³/mol. The third kappa shape index (κ3) is 2.56. The molecule has 0 unspecified atom stereocenters. The summed E-state index contributed by atoms with van der Waals surface area (Å²) in [6.07, 6.45) is 0.889. The standard InChI is InChI=1S/C14H13BrN2O3/c15-12-11(13-17(16-12)7-4-8-19-13)14(18)20-9-10-5-2-1-3-6-10/h1-3,5-6H,4,7-9H2. The highest BCUT2D eigenvalue weighted by Gasteiger charge is 2.27. The molecule has 3 rings (SSSR count). The fourth-order valence-corrected chi connectivity index (χ4v) is 2.59. The van der Waals surface area contributed by atoms with Gasteiger partial charge < -0.3 is 9.47 Å². The van der Waals surface area contributed by atoms with Crippen molar-refractivity contribution < 1.29 is 14.3 Å². The van der Waals surface area contributed by atoms with Crippen LogP contribution in [-0.2, 0) is 17.9 Å². The second-order valence-corrected chi connectivity index (χ2v) is 5.21. The van der Waals surface area contributed by atoms with Crippen LogP contribution in [0.4, 0.5) is 0 Å². The van der Waals surface area contributed by atoms with Crippen molar-refractivity contribution in [1.82, 2.24) is 9.78 Å². The number of esters is 1. The highest BCUT2D eigenvalue weighted by atomic mass is 79.9. The number of hydrogen-bond acceptors (Lipinski definition) is 4. The molecule has 1 aliphatic heterocycles. The zero-order valence-corrected chi connectivity index (χ0v) is 12.3. The third-order valence-electron chi connectivity index (χ3n) is 3.03. The van der Waals surface area contributed by atoms with E-state index in [2.05, 4.69) is 21.0 Å².